The van der Waals surface area contributed by atoms with Crippen molar-refractivity contribution in [2.75, 3.05) is 0 Å². The topological polar surface area (TPSA) is 59.4 Å². The van der Waals surface area contributed by atoms with Gasteiger partial charge in [-0.15, -0.1) is 11.3 Å². The van der Waals surface area contributed by atoms with Gasteiger partial charge in [-0.25, -0.2) is 4.98 Å². The third kappa shape index (κ3) is 3.30. The number of ether oxygens (including phenoxy) is 1. The van der Waals surface area contributed by atoms with Crippen LogP contribution < -0.4 is 4.74 Å². The number of hydrogen-bond acceptors (Lipinski definition) is 4. The maximum Gasteiger partial charge on any atom is 0.308 e. The number of aromatic nitrogens is 1. The van der Waals surface area contributed by atoms with Crippen LogP contribution in [0.25, 0.3) is 0 Å². The van der Waals surface area contributed by atoms with Crippen molar-refractivity contribution in [1.82, 2.24) is 4.98 Å². The van der Waals surface area contributed by atoms with E-state index in [1.807, 2.05) is 37.3 Å². The number of rotatable bonds is 5. The van der Waals surface area contributed by atoms with Gasteiger partial charge in [0.2, 0.25) is 0 Å². The van der Waals surface area contributed by atoms with Gasteiger partial charge >= 0.3 is 5.97 Å². The minimum absolute atomic E-state index is 0.00100. The van der Waals surface area contributed by atoms with E-state index in [9.17, 15) is 4.79 Å². The summed E-state index contributed by atoms with van der Waals surface area (Å²) in [5.41, 5.74) is 0.712. The molecule has 0 bridgehead atoms. The molecule has 94 valence electrons. The molecule has 2 rings (SSSR count). The van der Waals surface area contributed by atoms with Gasteiger partial charge in [-0.05, 0) is 19.1 Å². The van der Waals surface area contributed by atoms with Crippen molar-refractivity contribution >= 4 is 17.3 Å². The zero-order chi connectivity index (χ0) is 13.0. The summed E-state index contributed by atoms with van der Waals surface area (Å²) in [4.78, 5) is 15.8. The molecule has 1 N–H and O–H groups in total. The Morgan fingerprint density at radius 3 is 2.78 bits per heavy atom. The van der Waals surface area contributed by atoms with E-state index >= 15 is 0 Å². The molecule has 0 aliphatic carbocycles. The summed E-state index contributed by atoms with van der Waals surface area (Å²) < 4.78 is 5.58. The first-order valence-corrected chi connectivity index (χ1v) is 6.31. The van der Waals surface area contributed by atoms with Crippen LogP contribution in [0.4, 0.5) is 0 Å². The first-order chi connectivity index (χ1) is 8.65. The molecule has 0 unspecified atom stereocenters. The SMILES string of the molecule is Cc1nc(COc2ccccc2)c(CC(=O)O)s1. The minimum Gasteiger partial charge on any atom is -0.487 e. The van der Waals surface area contributed by atoms with Crippen molar-refractivity contribution in [3.63, 3.8) is 0 Å². The van der Waals surface area contributed by atoms with E-state index in [2.05, 4.69) is 4.98 Å². The molecular weight excluding hydrogens is 250 g/mol. The lowest BCUT2D eigenvalue weighted by Crippen LogP contribution is -2.04. The number of para-hydroxylation sites is 1. The summed E-state index contributed by atoms with van der Waals surface area (Å²) in [5, 5.41) is 9.68. The van der Waals surface area contributed by atoms with E-state index in [1.54, 1.807) is 0 Å². The predicted molar refractivity (Wildman–Crippen MR) is 69.0 cm³/mol. The molecule has 4 nitrogen and oxygen atoms in total. The van der Waals surface area contributed by atoms with Crippen molar-refractivity contribution < 1.29 is 14.6 Å². The number of aliphatic carboxylic acids is 1. The molecule has 1 heterocycles. The molecule has 1 aromatic carbocycles. The Morgan fingerprint density at radius 1 is 1.39 bits per heavy atom. The van der Waals surface area contributed by atoms with Crippen LogP contribution in [0.3, 0.4) is 0 Å². The third-order valence-corrected chi connectivity index (χ3v) is 3.33. The van der Waals surface area contributed by atoms with Crippen LogP contribution in [0, 0.1) is 6.92 Å². The van der Waals surface area contributed by atoms with E-state index in [1.165, 1.54) is 11.3 Å². The van der Waals surface area contributed by atoms with Gasteiger partial charge in [-0.2, -0.15) is 0 Å². The highest BCUT2D eigenvalue weighted by Crippen LogP contribution is 2.20. The molecule has 0 aliphatic heterocycles. The van der Waals surface area contributed by atoms with E-state index in [-0.39, 0.29) is 6.42 Å². The van der Waals surface area contributed by atoms with Gasteiger partial charge in [0.15, 0.2) is 0 Å². The third-order valence-electron chi connectivity index (χ3n) is 2.32. The van der Waals surface area contributed by atoms with Crippen molar-refractivity contribution in [3.05, 3.63) is 45.9 Å². The van der Waals surface area contributed by atoms with Crippen LogP contribution in [0.1, 0.15) is 15.6 Å². The van der Waals surface area contributed by atoms with Crippen molar-refractivity contribution in [3.8, 4) is 5.75 Å². The number of aryl methyl sites for hydroxylation is 1. The Kier molecular flexibility index (Phi) is 3.94. The maximum atomic E-state index is 10.7. The summed E-state index contributed by atoms with van der Waals surface area (Å²) in [6, 6.07) is 9.40. The molecular formula is C13H13NO3S. The Balaban J connectivity index is 2.07. The highest BCUT2D eigenvalue weighted by Gasteiger charge is 2.12. The van der Waals surface area contributed by atoms with Crippen LogP contribution in [0.2, 0.25) is 0 Å². The van der Waals surface area contributed by atoms with E-state index < -0.39 is 5.97 Å². The highest BCUT2D eigenvalue weighted by molar-refractivity contribution is 7.11. The molecule has 5 heteroatoms. The van der Waals surface area contributed by atoms with Crippen LogP contribution >= 0.6 is 11.3 Å². The first kappa shape index (κ1) is 12.6. The second kappa shape index (κ2) is 5.64. The maximum absolute atomic E-state index is 10.7. The lowest BCUT2D eigenvalue weighted by Gasteiger charge is -2.04. The van der Waals surface area contributed by atoms with E-state index in [4.69, 9.17) is 9.84 Å². The predicted octanol–water partition coefficient (Wildman–Crippen LogP) is 2.66. The number of carbonyl (C=O) groups is 1. The largest absolute Gasteiger partial charge is 0.487 e. The minimum atomic E-state index is -0.848. The Labute approximate surface area is 109 Å². The van der Waals surface area contributed by atoms with Crippen molar-refractivity contribution in [1.29, 1.82) is 0 Å². The monoisotopic (exact) mass is 263 g/mol. The smallest absolute Gasteiger partial charge is 0.308 e. The molecule has 18 heavy (non-hydrogen) atoms. The molecule has 1 aromatic heterocycles. The molecule has 0 saturated heterocycles. The molecule has 0 saturated carbocycles. The van der Waals surface area contributed by atoms with Gasteiger partial charge in [0.05, 0.1) is 17.1 Å². The number of nitrogens with zero attached hydrogens (tertiary/aromatic N) is 1. The van der Waals surface area contributed by atoms with Crippen molar-refractivity contribution in [2.24, 2.45) is 0 Å². The van der Waals surface area contributed by atoms with Gasteiger partial charge in [-0.1, -0.05) is 18.2 Å². The second-order valence-electron chi connectivity index (χ2n) is 3.77. The second-order valence-corrected chi connectivity index (χ2v) is 5.06. The molecule has 2 aromatic rings. The Hall–Kier alpha value is -1.88. The molecule has 0 spiro atoms. The lowest BCUT2D eigenvalue weighted by atomic mass is 10.3. The molecule has 0 atom stereocenters. The normalized spacial score (nSPS) is 10.3. The quantitative estimate of drug-likeness (QED) is 0.901. The fraction of sp³-hybridized carbons (Fsp3) is 0.231. The van der Waals surface area contributed by atoms with Crippen LogP contribution in [0.15, 0.2) is 30.3 Å². The molecule has 0 fully saturated rings. The molecule has 0 radical (unpaired) electrons. The summed E-state index contributed by atoms with van der Waals surface area (Å²) in [6.07, 6.45) is -0.00100. The van der Waals surface area contributed by atoms with E-state index in [0.717, 1.165) is 15.6 Å². The van der Waals surface area contributed by atoms with Crippen LogP contribution in [-0.2, 0) is 17.8 Å². The average Bonchev–Trinajstić information content (AvgIpc) is 2.67. The molecule has 0 aliphatic rings. The van der Waals surface area contributed by atoms with Crippen LogP contribution in [-0.4, -0.2) is 16.1 Å². The fourth-order valence-electron chi connectivity index (χ4n) is 1.57. The Bertz CT molecular complexity index is 536. The van der Waals surface area contributed by atoms with Gasteiger partial charge in [-0.3, -0.25) is 4.79 Å². The number of carboxylic acid groups (broad SMARTS) is 1. The molecule has 0 amide bonds. The summed E-state index contributed by atoms with van der Waals surface area (Å²) >= 11 is 1.41. The zero-order valence-electron chi connectivity index (χ0n) is 9.92. The zero-order valence-corrected chi connectivity index (χ0v) is 10.7. The van der Waals surface area contributed by atoms with Crippen LogP contribution in [0.5, 0.6) is 5.75 Å². The number of benzene rings is 1. The van der Waals surface area contributed by atoms with E-state index in [0.29, 0.717) is 12.3 Å². The first-order valence-electron chi connectivity index (χ1n) is 5.50. The van der Waals surface area contributed by atoms with Gasteiger partial charge in [0.1, 0.15) is 12.4 Å². The summed E-state index contributed by atoms with van der Waals surface area (Å²) in [7, 11) is 0. The Morgan fingerprint density at radius 2 is 2.11 bits per heavy atom. The standard InChI is InChI=1S/C13H13NO3S/c1-9-14-11(12(18-9)7-13(15)16)8-17-10-5-3-2-4-6-10/h2-6H,7-8H2,1H3,(H,15,16). The van der Waals surface area contributed by atoms with Gasteiger partial charge in [0, 0.05) is 4.88 Å². The lowest BCUT2D eigenvalue weighted by molar-refractivity contribution is -0.136. The number of carboxylic acids is 1. The number of thiazole rings is 1. The average molecular weight is 263 g/mol. The van der Waals surface area contributed by atoms with Gasteiger partial charge < -0.3 is 9.84 Å². The number of hydrogen-bond donors (Lipinski definition) is 1. The summed E-state index contributed by atoms with van der Waals surface area (Å²) in [6.45, 7) is 2.17. The highest BCUT2D eigenvalue weighted by atomic mass is 32.1. The van der Waals surface area contributed by atoms with Crippen molar-refractivity contribution in [2.45, 2.75) is 20.0 Å². The summed E-state index contributed by atoms with van der Waals surface area (Å²) in [5.74, 6) is -0.0935. The van der Waals surface area contributed by atoms with Gasteiger partial charge in [0.25, 0.3) is 0 Å². The fourth-order valence-corrected chi connectivity index (χ4v) is 2.50.